The Hall–Kier alpha value is -1.96. The average molecular weight is 258 g/mol. The molecule has 8 heteroatoms. The minimum Gasteiger partial charge on any atom is -0.382 e. The number of aliphatic hydroxyl groups is 1. The fraction of sp³-hybridized carbons (Fsp3) is 0.300. The smallest absolute Gasteiger partial charge is 0.382 e. The molecule has 2 aromatic rings. The van der Waals surface area contributed by atoms with Crippen molar-refractivity contribution in [2.45, 2.75) is 18.8 Å². The van der Waals surface area contributed by atoms with Gasteiger partial charge in [-0.3, -0.25) is 0 Å². The Kier molecular flexibility index (Phi) is 3.28. The molecule has 0 saturated carbocycles. The first-order valence-electron chi connectivity index (χ1n) is 5.05. The maximum atomic E-state index is 12.1. The van der Waals surface area contributed by atoms with E-state index in [1.807, 2.05) is 0 Å². The molecule has 1 N–H and O–H groups in total. The summed E-state index contributed by atoms with van der Waals surface area (Å²) in [6, 6.07) is 8.71. The fourth-order valence-electron chi connectivity index (χ4n) is 1.28. The van der Waals surface area contributed by atoms with Crippen molar-refractivity contribution >= 4 is 0 Å². The molecule has 1 unspecified atom stereocenters. The van der Waals surface area contributed by atoms with Crippen LogP contribution in [0.5, 0.6) is 0 Å². The van der Waals surface area contributed by atoms with Gasteiger partial charge in [-0.25, -0.2) is 0 Å². The normalized spacial score (nSPS) is 13.6. The Bertz CT molecular complexity index is 511. The number of aliphatic hydroxyl groups excluding tert-OH is 1. The maximum Gasteiger partial charge on any atom is 0.416 e. The van der Waals surface area contributed by atoms with Gasteiger partial charge in [0.05, 0.1) is 6.54 Å². The van der Waals surface area contributed by atoms with Gasteiger partial charge in [-0.05, 0) is 5.21 Å². The molecule has 0 aliphatic carbocycles. The topological polar surface area (TPSA) is 63.8 Å². The Morgan fingerprint density at radius 1 is 1.22 bits per heavy atom. The summed E-state index contributed by atoms with van der Waals surface area (Å²) < 4.78 is 36.4. The number of alkyl halides is 3. The van der Waals surface area contributed by atoms with Crippen LogP contribution in [0, 0.1) is 0 Å². The van der Waals surface area contributed by atoms with Crippen LogP contribution < -0.4 is 0 Å². The molecular formula is C10H9F3N4O. The van der Waals surface area contributed by atoms with Crippen LogP contribution >= 0.6 is 0 Å². The highest BCUT2D eigenvalue weighted by molar-refractivity contribution is 5.52. The number of aromatic nitrogens is 4. The minimum absolute atomic E-state index is 0.213. The van der Waals surface area contributed by atoms with Crippen LogP contribution in [0.4, 0.5) is 13.2 Å². The molecule has 96 valence electrons. The van der Waals surface area contributed by atoms with Crippen LogP contribution in [-0.2, 0) is 6.54 Å². The molecule has 18 heavy (non-hydrogen) atoms. The second-order valence-corrected chi connectivity index (χ2v) is 3.59. The molecule has 0 aliphatic rings. The fourth-order valence-corrected chi connectivity index (χ4v) is 1.28. The van der Waals surface area contributed by atoms with Gasteiger partial charge in [0.1, 0.15) is 0 Å². The molecule has 0 spiro atoms. The maximum absolute atomic E-state index is 12.1. The SMILES string of the molecule is OC(Cn1nnc(-c2ccccc2)n1)C(F)(F)F. The van der Waals surface area contributed by atoms with Crippen LogP contribution in [0.1, 0.15) is 0 Å². The van der Waals surface area contributed by atoms with E-state index in [1.54, 1.807) is 30.3 Å². The summed E-state index contributed by atoms with van der Waals surface area (Å²) in [6.07, 6.45) is -7.20. The third kappa shape index (κ3) is 2.83. The largest absolute Gasteiger partial charge is 0.416 e. The van der Waals surface area contributed by atoms with Crippen LogP contribution in [-0.4, -0.2) is 37.6 Å². The number of halogens is 3. The summed E-state index contributed by atoms with van der Waals surface area (Å²) in [5.41, 5.74) is 0.644. The predicted octanol–water partition coefficient (Wildman–Crippen LogP) is 1.26. The first kappa shape index (κ1) is 12.5. The van der Waals surface area contributed by atoms with Crippen LogP contribution in [0.15, 0.2) is 30.3 Å². The third-order valence-electron chi connectivity index (χ3n) is 2.20. The lowest BCUT2D eigenvalue weighted by molar-refractivity contribution is -0.208. The lowest BCUT2D eigenvalue weighted by Crippen LogP contribution is -2.33. The summed E-state index contributed by atoms with van der Waals surface area (Å²) in [4.78, 5) is 0.723. The first-order chi connectivity index (χ1) is 8.47. The van der Waals surface area contributed by atoms with Crippen molar-refractivity contribution in [1.82, 2.24) is 20.2 Å². The van der Waals surface area contributed by atoms with Crippen molar-refractivity contribution < 1.29 is 18.3 Å². The van der Waals surface area contributed by atoms with Crippen LogP contribution in [0.2, 0.25) is 0 Å². The quantitative estimate of drug-likeness (QED) is 0.900. The zero-order valence-corrected chi connectivity index (χ0v) is 9.04. The van der Waals surface area contributed by atoms with Crippen molar-refractivity contribution in [3.05, 3.63) is 30.3 Å². The summed E-state index contributed by atoms with van der Waals surface area (Å²) in [5.74, 6) is 0.213. The van der Waals surface area contributed by atoms with E-state index < -0.39 is 18.8 Å². The van der Waals surface area contributed by atoms with Gasteiger partial charge in [0.15, 0.2) is 6.10 Å². The van der Waals surface area contributed by atoms with Crippen molar-refractivity contribution in [2.75, 3.05) is 0 Å². The molecule has 5 nitrogen and oxygen atoms in total. The van der Waals surface area contributed by atoms with Crippen LogP contribution in [0.3, 0.4) is 0 Å². The van der Waals surface area contributed by atoms with Crippen molar-refractivity contribution in [1.29, 1.82) is 0 Å². The van der Waals surface area contributed by atoms with Gasteiger partial charge in [-0.2, -0.15) is 18.0 Å². The Balaban J connectivity index is 2.12. The highest BCUT2D eigenvalue weighted by atomic mass is 19.4. The third-order valence-corrected chi connectivity index (χ3v) is 2.20. The van der Waals surface area contributed by atoms with E-state index in [0.717, 1.165) is 4.80 Å². The highest BCUT2D eigenvalue weighted by Crippen LogP contribution is 2.21. The van der Waals surface area contributed by atoms with Crippen molar-refractivity contribution in [3.8, 4) is 11.4 Å². The molecule has 1 atom stereocenters. The Labute approximate surface area is 99.9 Å². The second-order valence-electron chi connectivity index (χ2n) is 3.59. The summed E-state index contributed by atoms with van der Waals surface area (Å²) in [7, 11) is 0. The van der Waals surface area contributed by atoms with Gasteiger partial charge < -0.3 is 5.11 Å². The number of hydrogen-bond acceptors (Lipinski definition) is 4. The summed E-state index contributed by atoms with van der Waals surface area (Å²) in [5, 5.41) is 19.7. The van der Waals surface area contributed by atoms with Crippen LogP contribution in [0.25, 0.3) is 11.4 Å². The van der Waals surface area contributed by atoms with Gasteiger partial charge >= 0.3 is 6.18 Å². The van der Waals surface area contributed by atoms with E-state index in [1.165, 1.54) is 0 Å². The van der Waals surface area contributed by atoms with E-state index in [9.17, 15) is 13.2 Å². The molecule has 0 radical (unpaired) electrons. The molecule has 1 aromatic carbocycles. The molecule has 0 bridgehead atoms. The van der Waals surface area contributed by atoms with E-state index in [2.05, 4.69) is 15.4 Å². The molecule has 0 saturated heterocycles. The minimum atomic E-state index is -4.69. The average Bonchev–Trinajstić information content (AvgIpc) is 2.77. The predicted molar refractivity (Wildman–Crippen MR) is 55.3 cm³/mol. The lowest BCUT2D eigenvalue weighted by Gasteiger charge is -2.12. The van der Waals surface area contributed by atoms with E-state index in [4.69, 9.17) is 5.11 Å². The Morgan fingerprint density at radius 2 is 1.89 bits per heavy atom. The van der Waals surface area contributed by atoms with E-state index in [0.29, 0.717) is 5.56 Å². The molecule has 0 fully saturated rings. The number of nitrogens with zero attached hydrogens (tertiary/aromatic N) is 4. The number of rotatable bonds is 3. The molecule has 2 rings (SSSR count). The number of tetrazole rings is 1. The molecule has 0 amide bonds. The zero-order valence-electron chi connectivity index (χ0n) is 9.04. The monoisotopic (exact) mass is 258 g/mol. The number of hydrogen-bond donors (Lipinski definition) is 1. The van der Waals surface area contributed by atoms with Gasteiger partial charge in [0.2, 0.25) is 5.82 Å². The van der Waals surface area contributed by atoms with Gasteiger partial charge in [-0.15, -0.1) is 10.2 Å². The van der Waals surface area contributed by atoms with Gasteiger partial charge in [0, 0.05) is 5.56 Å². The first-order valence-corrected chi connectivity index (χ1v) is 5.05. The second kappa shape index (κ2) is 4.73. The van der Waals surface area contributed by atoms with Gasteiger partial charge in [0.25, 0.3) is 0 Å². The van der Waals surface area contributed by atoms with E-state index in [-0.39, 0.29) is 5.82 Å². The van der Waals surface area contributed by atoms with Gasteiger partial charge in [-0.1, -0.05) is 30.3 Å². The standard InChI is InChI=1S/C10H9F3N4O/c11-10(12,13)8(18)6-17-15-9(14-16-17)7-4-2-1-3-5-7/h1-5,8,18H,6H2. The summed E-state index contributed by atoms with van der Waals surface area (Å²) in [6.45, 7) is -0.774. The zero-order chi connectivity index (χ0) is 13.2. The molecule has 1 heterocycles. The van der Waals surface area contributed by atoms with Crippen molar-refractivity contribution in [3.63, 3.8) is 0 Å². The molecule has 1 aromatic heterocycles. The summed E-state index contributed by atoms with van der Waals surface area (Å²) >= 11 is 0. The number of benzene rings is 1. The molecular weight excluding hydrogens is 249 g/mol. The van der Waals surface area contributed by atoms with E-state index >= 15 is 0 Å². The highest BCUT2D eigenvalue weighted by Gasteiger charge is 2.38. The van der Waals surface area contributed by atoms with Crippen molar-refractivity contribution in [2.24, 2.45) is 0 Å². The lowest BCUT2D eigenvalue weighted by atomic mass is 10.2. The molecule has 0 aliphatic heterocycles. The Morgan fingerprint density at radius 3 is 2.50 bits per heavy atom.